The molecule has 0 unspecified atom stereocenters. The zero-order chi connectivity index (χ0) is 36.5. The van der Waals surface area contributed by atoms with Gasteiger partial charge in [-0.3, -0.25) is 4.79 Å². The third-order valence-electron chi connectivity index (χ3n) is 10.4. The van der Waals surface area contributed by atoms with Gasteiger partial charge in [-0.25, -0.2) is 8.42 Å². The standard InChI is InChI=1S/C42H52N2O5S/c1-40(2,3)39(46)20-9-8-12-27-43-36-26-25-32(50(47,48)49)29-34(36)42(6,7)38(43)19-13-18-37-41(4,5)33-16-10-11-17-35(33)44(37)28-14-15-30-21-23-31(45)24-22-30/h10-11,13,16-19,21-26,29H,8-9,12,14-15,20,27-28H2,1-7H3,(H-,45,47,48,49). The van der Waals surface area contributed by atoms with Crippen LogP contribution in [0, 0.1) is 5.41 Å². The summed E-state index contributed by atoms with van der Waals surface area (Å²) in [6.45, 7) is 16.1. The second-order valence-corrected chi connectivity index (χ2v) is 17.1. The minimum atomic E-state index is -4.61. The number of hydrogen-bond donors (Lipinski definition) is 1. The monoisotopic (exact) mass is 696 g/mol. The van der Waals surface area contributed by atoms with Gasteiger partial charge in [0.2, 0.25) is 5.69 Å². The number of phenols is 1. The highest BCUT2D eigenvalue weighted by Crippen LogP contribution is 2.49. The van der Waals surface area contributed by atoms with Crippen LogP contribution in [0.15, 0.2) is 95.6 Å². The number of para-hydroxylation sites is 1. The van der Waals surface area contributed by atoms with Crippen molar-refractivity contribution in [2.75, 3.05) is 18.0 Å². The maximum atomic E-state index is 12.5. The molecule has 0 saturated heterocycles. The maximum absolute atomic E-state index is 12.5. The Balaban J connectivity index is 1.45. The lowest BCUT2D eigenvalue weighted by molar-refractivity contribution is -0.438. The molecule has 1 N–H and O–H groups in total. The summed E-state index contributed by atoms with van der Waals surface area (Å²) in [5, 5.41) is 9.69. The summed E-state index contributed by atoms with van der Waals surface area (Å²) in [7, 11) is -4.61. The molecule has 7 nitrogen and oxygen atoms in total. The Labute approximate surface area is 298 Å². The summed E-state index contributed by atoms with van der Waals surface area (Å²) in [5.74, 6) is 0.542. The smallest absolute Gasteiger partial charge is 0.209 e. The Bertz CT molecular complexity index is 1940. The van der Waals surface area contributed by atoms with Crippen molar-refractivity contribution in [1.29, 1.82) is 0 Å². The van der Waals surface area contributed by atoms with E-state index in [0.717, 1.165) is 55.6 Å². The molecule has 0 bridgehead atoms. The third-order valence-corrected chi connectivity index (χ3v) is 11.2. The molecule has 0 aliphatic carbocycles. The van der Waals surface area contributed by atoms with Gasteiger partial charge in [0.15, 0.2) is 5.71 Å². The Morgan fingerprint density at radius 1 is 0.900 bits per heavy atom. The number of carbonyl (C=O) groups is 1. The van der Waals surface area contributed by atoms with Crippen molar-refractivity contribution in [3.63, 3.8) is 0 Å². The first-order valence-corrected chi connectivity index (χ1v) is 19.2. The number of hydrogen-bond acceptors (Lipinski definition) is 6. The van der Waals surface area contributed by atoms with Crippen molar-refractivity contribution >= 4 is 33.0 Å². The Morgan fingerprint density at radius 3 is 2.28 bits per heavy atom. The van der Waals surface area contributed by atoms with Crippen LogP contribution in [-0.4, -0.2) is 47.2 Å². The van der Waals surface area contributed by atoms with Gasteiger partial charge in [-0.05, 0) is 80.6 Å². The maximum Gasteiger partial charge on any atom is 0.209 e. The highest BCUT2D eigenvalue weighted by Gasteiger charge is 2.44. The van der Waals surface area contributed by atoms with Gasteiger partial charge < -0.3 is 14.6 Å². The van der Waals surface area contributed by atoms with Crippen molar-refractivity contribution in [2.24, 2.45) is 5.41 Å². The average molecular weight is 697 g/mol. The summed E-state index contributed by atoms with van der Waals surface area (Å²) in [4.78, 5) is 14.5. The van der Waals surface area contributed by atoms with Crippen LogP contribution in [0.1, 0.15) is 97.3 Å². The van der Waals surface area contributed by atoms with Crippen LogP contribution in [-0.2, 0) is 32.2 Å². The number of carbonyl (C=O) groups excluding carboxylic acids is 1. The van der Waals surface area contributed by atoms with Gasteiger partial charge >= 0.3 is 0 Å². The number of anilines is 1. The molecule has 0 aromatic heterocycles. The lowest BCUT2D eigenvalue weighted by Crippen LogP contribution is -2.28. The van der Waals surface area contributed by atoms with Crippen LogP contribution in [0.5, 0.6) is 5.75 Å². The fraction of sp³-hybridized carbons (Fsp3) is 0.429. The number of rotatable bonds is 13. The molecule has 0 amide bonds. The quantitative estimate of drug-likeness (QED) is 0.109. The van der Waals surface area contributed by atoms with E-state index in [1.54, 1.807) is 24.3 Å². The molecular weight excluding hydrogens is 645 g/mol. The van der Waals surface area contributed by atoms with Crippen molar-refractivity contribution in [1.82, 2.24) is 0 Å². The van der Waals surface area contributed by atoms with Gasteiger partial charge in [0.25, 0.3) is 0 Å². The average Bonchev–Trinajstić information content (AvgIpc) is 3.39. The number of phenolic OH excluding ortho intramolecular Hbond substituents is 1. The van der Waals surface area contributed by atoms with E-state index in [1.807, 2.05) is 32.9 Å². The van der Waals surface area contributed by atoms with Crippen molar-refractivity contribution in [3.05, 3.63) is 107 Å². The van der Waals surface area contributed by atoms with Gasteiger partial charge in [0, 0.05) is 59.3 Å². The van der Waals surface area contributed by atoms with Crippen molar-refractivity contribution < 1.29 is 27.4 Å². The predicted octanol–water partition coefficient (Wildman–Crippen LogP) is 8.72. The molecule has 266 valence electrons. The zero-order valence-corrected chi connectivity index (χ0v) is 31.4. The molecule has 2 heterocycles. The summed E-state index contributed by atoms with van der Waals surface area (Å²) in [6.07, 6.45) is 11.4. The number of aryl methyl sites for hydroxylation is 1. The Hall–Kier alpha value is -4.01. The van der Waals surface area contributed by atoms with E-state index >= 15 is 0 Å². The summed E-state index contributed by atoms with van der Waals surface area (Å²) < 4.78 is 38.4. The molecule has 0 radical (unpaired) electrons. The molecule has 0 fully saturated rings. The lowest BCUT2D eigenvalue weighted by atomic mass is 9.81. The van der Waals surface area contributed by atoms with E-state index in [-0.39, 0.29) is 27.3 Å². The van der Waals surface area contributed by atoms with Gasteiger partial charge in [-0.1, -0.05) is 77.4 Å². The van der Waals surface area contributed by atoms with Crippen LogP contribution in [0.25, 0.3) is 0 Å². The lowest BCUT2D eigenvalue weighted by Gasteiger charge is -2.27. The van der Waals surface area contributed by atoms with Crippen molar-refractivity contribution in [3.8, 4) is 5.75 Å². The first kappa shape index (κ1) is 37.3. The van der Waals surface area contributed by atoms with Crippen LogP contribution in [0.3, 0.4) is 0 Å². The molecule has 3 aromatic carbocycles. The largest absolute Gasteiger partial charge is 0.744 e. The zero-order valence-electron chi connectivity index (χ0n) is 30.6. The fourth-order valence-corrected chi connectivity index (χ4v) is 7.87. The van der Waals surface area contributed by atoms with Gasteiger partial charge in [-0.15, -0.1) is 0 Å². The number of nitrogens with zero attached hydrogens (tertiary/aromatic N) is 2. The van der Waals surface area contributed by atoms with E-state index in [1.165, 1.54) is 28.6 Å². The molecule has 0 saturated carbocycles. The first-order valence-electron chi connectivity index (χ1n) is 17.7. The highest BCUT2D eigenvalue weighted by molar-refractivity contribution is 7.85. The number of unbranched alkanes of at least 4 members (excludes halogenated alkanes) is 2. The number of ketones is 1. The van der Waals surface area contributed by atoms with Crippen LogP contribution in [0.4, 0.5) is 11.4 Å². The van der Waals surface area contributed by atoms with Gasteiger partial charge in [-0.2, -0.15) is 4.58 Å². The first-order chi connectivity index (χ1) is 23.4. The molecule has 50 heavy (non-hydrogen) atoms. The number of Topliss-reactive ketones (excluding diaryl/α,β-unsaturated/α-hetero) is 1. The van der Waals surface area contributed by atoms with E-state index in [2.05, 4.69) is 79.7 Å². The van der Waals surface area contributed by atoms with Gasteiger partial charge in [0.1, 0.15) is 28.2 Å². The Morgan fingerprint density at radius 2 is 1.60 bits per heavy atom. The summed E-state index contributed by atoms with van der Waals surface area (Å²) in [5.41, 5.74) is 6.52. The molecule has 2 aliphatic heterocycles. The molecular formula is C42H52N2O5S. The number of benzene rings is 3. The number of fused-ring (bicyclic) bond motifs is 2. The van der Waals surface area contributed by atoms with Crippen molar-refractivity contribution in [2.45, 2.75) is 103 Å². The molecule has 5 rings (SSSR count). The SMILES string of the molecule is CC(C)(C)C(=O)CCCCCN1/C(=C/C=C/C2=[N+](CCCc3ccc(O)cc3)c3ccccc3C2(C)C)C(C)(C)c2cc(S(=O)(=O)[O-])ccc21. The van der Waals surface area contributed by atoms with E-state index in [4.69, 9.17) is 0 Å². The van der Waals surface area contributed by atoms with Crippen LogP contribution >= 0.6 is 0 Å². The minimum Gasteiger partial charge on any atom is -0.744 e. The second kappa shape index (κ2) is 14.3. The third kappa shape index (κ3) is 7.82. The predicted molar refractivity (Wildman–Crippen MR) is 201 cm³/mol. The fourth-order valence-electron chi connectivity index (χ4n) is 7.37. The minimum absolute atomic E-state index is 0.217. The van der Waals surface area contributed by atoms with Crippen LogP contribution in [0.2, 0.25) is 0 Å². The number of aromatic hydroxyl groups is 1. The summed E-state index contributed by atoms with van der Waals surface area (Å²) in [6, 6.07) is 20.7. The van der Waals surface area contributed by atoms with E-state index < -0.39 is 15.5 Å². The molecule has 3 aromatic rings. The Kier molecular flexibility index (Phi) is 10.7. The molecule has 0 spiro atoms. The topological polar surface area (TPSA) is 101 Å². The highest BCUT2D eigenvalue weighted by atomic mass is 32.2. The molecule has 0 atom stereocenters. The molecule has 2 aliphatic rings. The normalized spacial score (nSPS) is 17.5. The van der Waals surface area contributed by atoms with E-state index in [0.29, 0.717) is 13.0 Å². The van der Waals surface area contributed by atoms with E-state index in [9.17, 15) is 22.9 Å². The van der Waals surface area contributed by atoms with Gasteiger partial charge in [0.05, 0.1) is 10.3 Å². The molecule has 8 heteroatoms. The second-order valence-electron chi connectivity index (χ2n) is 15.8. The number of allylic oxidation sites excluding steroid dienone is 4. The van der Waals surface area contributed by atoms with Crippen LogP contribution < -0.4 is 4.90 Å². The summed E-state index contributed by atoms with van der Waals surface area (Å²) >= 11 is 0.